The Kier molecular flexibility index (Phi) is 8.74. The number of halogens is 5. The van der Waals surface area contributed by atoms with Crippen LogP contribution in [0.15, 0.2) is 60.7 Å². The minimum Gasteiger partial charge on any atom is -0.497 e. The molecule has 1 unspecified atom stereocenters. The predicted octanol–water partition coefficient (Wildman–Crippen LogP) is 7.97. The first-order chi connectivity index (χ1) is 20.0. The molecule has 0 saturated carbocycles. The van der Waals surface area contributed by atoms with Gasteiger partial charge >= 0.3 is 6.18 Å². The Labute approximate surface area is 251 Å². The largest absolute Gasteiger partial charge is 0.497 e. The molecule has 0 aliphatic carbocycles. The van der Waals surface area contributed by atoms with E-state index in [1.54, 1.807) is 39.0 Å². The lowest BCUT2D eigenvalue weighted by Crippen LogP contribution is -2.49. The molecule has 0 bridgehead atoms. The molecule has 4 rings (SSSR count). The maximum Gasteiger partial charge on any atom is 0.419 e. The highest BCUT2D eigenvalue weighted by Gasteiger charge is 2.40. The normalized spacial score (nSPS) is 12.6. The van der Waals surface area contributed by atoms with E-state index in [2.05, 4.69) is 10.3 Å². The summed E-state index contributed by atoms with van der Waals surface area (Å²) >= 11 is 6.69. The van der Waals surface area contributed by atoms with Crippen molar-refractivity contribution in [1.82, 2.24) is 10.3 Å². The monoisotopic (exact) mass is 615 g/mol. The summed E-state index contributed by atoms with van der Waals surface area (Å²) in [4.78, 5) is 33.7. The van der Waals surface area contributed by atoms with Crippen molar-refractivity contribution in [3.05, 3.63) is 99.5 Å². The topological polar surface area (TPSA) is 71.5 Å². The van der Waals surface area contributed by atoms with Gasteiger partial charge in [0, 0.05) is 27.7 Å². The number of methoxy groups -OCH3 is 1. The Bertz CT molecular complexity index is 1720. The van der Waals surface area contributed by atoms with Crippen molar-refractivity contribution in [2.24, 2.45) is 0 Å². The third-order valence-corrected chi connectivity index (χ3v) is 6.94. The molecule has 3 aromatic carbocycles. The highest BCUT2D eigenvalue weighted by atomic mass is 35.5. The van der Waals surface area contributed by atoms with E-state index >= 15 is 0 Å². The summed E-state index contributed by atoms with van der Waals surface area (Å²) in [6.45, 7) is 8.86. The number of anilines is 1. The quantitative estimate of drug-likeness (QED) is 0.176. The summed E-state index contributed by atoms with van der Waals surface area (Å²) in [6, 6.07) is 11.7. The second-order valence-corrected chi connectivity index (χ2v) is 11.6. The smallest absolute Gasteiger partial charge is 0.419 e. The predicted molar refractivity (Wildman–Crippen MR) is 158 cm³/mol. The van der Waals surface area contributed by atoms with E-state index < -0.39 is 41.0 Å². The van der Waals surface area contributed by atoms with E-state index in [-0.39, 0.29) is 22.0 Å². The van der Waals surface area contributed by atoms with Crippen LogP contribution in [-0.2, 0) is 11.0 Å². The molecule has 0 fully saturated rings. The van der Waals surface area contributed by atoms with Crippen LogP contribution in [0.2, 0.25) is 5.15 Å². The molecule has 0 aliphatic heterocycles. The minimum absolute atomic E-state index is 0.00229. The molecule has 0 aliphatic rings. The van der Waals surface area contributed by atoms with Gasteiger partial charge in [-0.3, -0.25) is 14.5 Å². The number of benzene rings is 3. The molecule has 0 saturated heterocycles. The SMILES string of the molecule is COc1cccc(C(=O)N(c2ccc(F)c(C(F)(F)F)c2)C(C(=O)NC(C)(C)C)c2cc3c(C)cc(C)cc3nc2Cl)c1. The van der Waals surface area contributed by atoms with Gasteiger partial charge in [0.05, 0.1) is 18.2 Å². The fourth-order valence-electron chi connectivity index (χ4n) is 4.81. The highest BCUT2D eigenvalue weighted by molar-refractivity contribution is 6.31. The number of rotatable bonds is 6. The fourth-order valence-corrected chi connectivity index (χ4v) is 5.06. The summed E-state index contributed by atoms with van der Waals surface area (Å²) in [6.07, 6.45) is -5.08. The number of amides is 2. The molecule has 6 nitrogen and oxygen atoms in total. The van der Waals surface area contributed by atoms with Gasteiger partial charge in [-0.2, -0.15) is 13.2 Å². The van der Waals surface area contributed by atoms with Gasteiger partial charge in [0.15, 0.2) is 0 Å². The first-order valence-corrected chi connectivity index (χ1v) is 13.6. The summed E-state index contributed by atoms with van der Waals surface area (Å²) in [5.74, 6) is -2.83. The summed E-state index contributed by atoms with van der Waals surface area (Å²) in [5, 5.41) is 3.31. The number of carbonyl (C=O) groups is 2. The van der Waals surface area contributed by atoms with Gasteiger partial charge in [0.1, 0.15) is 22.8 Å². The fraction of sp³-hybridized carbons (Fsp3) is 0.281. The summed E-state index contributed by atoms with van der Waals surface area (Å²) in [7, 11) is 1.39. The first kappa shape index (κ1) is 31.7. The lowest BCUT2D eigenvalue weighted by molar-refractivity contribution is -0.140. The molecule has 0 radical (unpaired) electrons. The van der Waals surface area contributed by atoms with Crippen molar-refractivity contribution >= 4 is 40.0 Å². The van der Waals surface area contributed by atoms with Crippen LogP contribution in [0, 0.1) is 19.7 Å². The van der Waals surface area contributed by atoms with Crippen LogP contribution < -0.4 is 15.0 Å². The van der Waals surface area contributed by atoms with Crippen LogP contribution in [0.1, 0.15) is 59.4 Å². The van der Waals surface area contributed by atoms with Crippen molar-refractivity contribution in [2.75, 3.05) is 12.0 Å². The molecule has 1 N–H and O–H groups in total. The first-order valence-electron chi connectivity index (χ1n) is 13.2. The van der Waals surface area contributed by atoms with Crippen molar-refractivity contribution in [1.29, 1.82) is 0 Å². The zero-order valence-corrected chi connectivity index (χ0v) is 25.1. The van der Waals surface area contributed by atoms with E-state index in [0.29, 0.717) is 28.8 Å². The van der Waals surface area contributed by atoms with Gasteiger partial charge in [-0.1, -0.05) is 23.7 Å². The number of ether oxygens (including phenoxy) is 1. The number of nitrogens with zero attached hydrogens (tertiary/aromatic N) is 2. The second-order valence-electron chi connectivity index (χ2n) is 11.2. The Balaban J connectivity index is 2.07. The van der Waals surface area contributed by atoms with E-state index in [4.69, 9.17) is 16.3 Å². The number of aromatic nitrogens is 1. The molecule has 2 amide bonds. The Morgan fingerprint density at radius 2 is 1.70 bits per heavy atom. The average Bonchev–Trinajstić information content (AvgIpc) is 2.90. The van der Waals surface area contributed by atoms with Crippen LogP contribution in [0.3, 0.4) is 0 Å². The van der Waals surface area contributed by atoms with Gasteiger partial charge in [-0.25, -0.2) is 9.37 Å². The van der Waals surface area contributed by atoms with E-state index in [1.165, 1.54) is 25.3 Å². The lowest BCUT2D eigenvalue weighted by atomic mass is 9.97. The van der Waals surface area contributed by atoms with Crippen LogP contribution in [-0.4, -0.2) is 29.4 Å². The highest BCUT2D eigenvalue weighted by Crippen LogP contribution is 2.39. The number of pyridine rings is 1. The average molecular weight is 616 g/mol. The van der Waals surface area contributed by atoms with Crippen LogP contribution in [0.5, 0.6) is 5.75 Å². The van der Waals surface area contributed by atoms with Crippen molar-refractivity contribution in [2.45, 2.75) is 52.4 Å². The molecule has 11 heteroatoms. The van der Waals surface area contributed by atoms with Gasteiger partial charge in [-0.15, -0.1) is 0 Å². The molecule has 4 aromatic rings. The zero-order chi connectivity index (χ0) is 31.9. The molecular weight excluding hydrogens is 586 g/mol. The number of fused-ring (bicyclic) bond motifs is 1. The molecule has 1 heterocycles. The van der Waals surface area contributed by atoms with Gasteiger partial charge in [0.2, 0.25) is 5.91 Å². The molecule has 1 aromatic heterocycles. The lowest BCUT2D eigenvalue weighted by Gasteiger charge is -2.34. The summed E-state index contributed by atoms with van der Waals surface area (Å²) < 4.78 is 61.3. The van der Waals surface area contributed by atoms with Gasteiger partial charge < -0.3 is 10.1 Å². The van der Waals surface area contributed by atoms with E-state index in [1.807, 2.05) is 19.9 Å². The number of alkyl halides is 3. The zero-order valence-electron chi connectivity index (χ0n) is 24.4. The van der Waals surface area contributed by atoms with Gasteiger partial charge in [-0.05, 0) is 94.3 Å². The maximum atomic E-state index is 14.4. The Morgan fingerprint density at radius 3 is 2.33 bits per heavy atom. The Morgan fingerprint density at radius 1 is 1.00 bits per heavy atom. The summed E-state index contributed by atoms with van der Waals surface area (Å²) in [5.41, 5.74) is -0.465. The molecular formula is C32H30ClF4N3O3. The van der Waals surface area contributed by atoms with Crippen molar-refractivity contribution in [3.63, 3.8) is 0 Å². The number of hydrogen-bond acceptors (Lipinski definition) is 4. The number of aryl methyl sites for hydroxylation is 2. The van der Waals surface area contributed by atoms with Crippen molar-refractivity contribution < 1.29 is 31.9 Å². The third-order valence-electron chi connectivity index (χ3n) is 6.63. The Hall–Kier alpha value is -4.18. The third kappa shape index (κ3) is 6.91. The molecule has 1 atom stereocenters. The van der Waals surface area contributed by atoms with Crippen LogP contribution in [0.25, 0.3) is 10.9 Å². The number of nitrogens with one attached hydrogen (secondary N) is 1. The molecule has 0 spiro atoms. The number of hydrogen-bond donors (Lipinski definition) is 1. The molecule has 43 heavy (non-hydrogen) atoms. The molecule has 226 valence electrons. The van der Waals surface area contributed by atoms with Crippen molar-refractivity contribution in [3.8, 4) is 5.75 Å². The standard InChI is InChI=1S/C32H30ClF4N3O3/c1-17-12-18(2)22-16-23(28(33)38-26(22)13-17)27(29(41)39-31(3,4)5)40(30(42)19-8-7-9-21(14-19)43-6)20-10-11-25(34)24(15-20)32(35,36)37/h7-16,27H,1-6H3,(H,39,41). The van der Waals surface area contributed by atoms with Gasteiger partial charge in [0.25, 0.3) is 5.91 Å². The van der Waals surface area contributed by atoms with Crippen LogP contribution >= 0.6 is 11.6 Å². The minimum atomic E-state index is -5.08. The maximum absolute atomic E-state index is 14.4. The second kappa shape index (κ2) is 11.8. The number of carbonyl (C=O) groups excluding carboxylic acids is 2. The van der Waals surface area contributed by atoms with Crippen LogP contribution in [0.4, 0.5) is 23.2 Å². The van der Waals surface area contributed by atoms with E-state index in [9.17, 15) is 27.2 Å². The van der Waals surface area contributed by atoms with E-state index in [0.717, 1.165) is 22.1 Å².